The first kappa shape index (κ1) is 34.2. The summed E-state index contributed by atoms with van der Waals surface area (Å²) in [7, 11) is 1.39. The Labute approximate surface area is 256 Å². The molecule has 0 fully saturated rings. The molecule has 2 heterocycles. The second kappa shape index (κ2) is 12.2. The van der Waals surface area contributed by atoms with E-state index in [1.54, 1.807) is 0 Å². The maximum atomic E-state index is 13.9. The lowest BCUT2D eigenvalue weighted by Gasteiger charge is -2.24. The van der Waals surface area contributed by atoms with E-state index in [2.05, 4.69) is 15.4 Å². The van der Waals surface area contributed by atoms with Crippen LogP contribution in [0.25, 0.3) is 11.3 Å². The lowest BCUT2D eigenvalue weighted by molar-refractivity contribution is -0.143. The fourth-order valence-electron chi connectivity index (χ4n) is 4.51. The van der Waals surface area contributed by atoms with E-state index < -0.39 is 53.9 Å². The van der Waals surface area contributed by atoms with Gasteiger partial charge < -0.3 is 4.90 Å². The Balaban J connectivity index is 1.89. The summed E-state index contributed by atoms with van der Waals surface area (Å²) in [6.07, 6.45) is -13.7. The zero-order chi connectivity index (χ0) is 33.5. The van der Waals surface area contributed by atoms with Gasteiger partial charge in [-0.15, -0.1) is 16.4 Å². The molecule has 4 aromatic rings. The van der Waals surface area contributed by atoms with Gasteiger partial charge in [0.05, 0.1) is 34.4 Å². The van der Waals surface area contributed by atoms with Gasteiger partial charge in [0.1, 0.15) is 0 Å². The highest BCUT2D eigenvalue weighted by atomic mass is 32.1. The standard InChI is InChI=1S/C29H29F9N6S/c1-6-22-23(39-24(45-22)26(3,4)7-2)21-9-8-18(27(30,31)32)12-17(21)15-44(25-40-42-43(5)41-25)14-16-10-19(28(33,34)35)13-20(11-16)29(36,37)38/h8-13H,6-7,14-15H2,1-5H3. The third-order valence-electron chi connectivity index (χ3n) is 7.33. The second-order valence-corrected chi connectivity index (χ2v) is 12.2. The van der Waals surface area contributed by atoms with Crippen molar-refractivity contribution < 1.29 is 39.5 Å². The summed E-state index contributed by atoms with van der Waals surface area (Å²) in [4.78, 5) is 7.81. The van der Waals surface area contributed by atoms with Crippen molar-refractivity contribution in [1.29, 1.82) is 0 Å². The topological polar surface area (TPSA) is 59.7 Å². The van der Waals surface area contributed by atoms with E-state index in [0.717, 1.165) is 33.2 Å². The molecule has 0 aliphatic rings. The summed E-state index contributed by atoms with van der Waals surface area (Å²) in [5.74, 6) is -0.214. The first-order valence-electron chi connectivity index (χ1n) is 13.7. The number of hydrogen-bond donors (Lipinski definition) is 0. The van der Waals surface area contributed by atoms with E-state index in [1.165, 1.54) is 29.4 Å². The zero-order valence-corrected chi connectivity index (χ0v) is 25.6. The quantitative estimate of drug-likeness (QED) is 0.167. The molecule has 244 valence electrons. The number of rotatable bonds is 9. The van der Waals surface area contributed by atoms with Crippen LogP contribution < -0.4 is 4.90 Å². The number of alkyl halides is 9. The number of tetrazole rings is 1. The molecule has 6 nitrogen and oxygen atoms in total. The van der Waals surface area contributed by atoms with E-state index in [4.69, 9.17) is 4.98 Å². The van der Waals surface area contributed by atoms with Gasteiger partial charge in [-0.25, -0.2) is 4.98 Å². The summed E-state index contributed by atoms with van der Waals surface area (Å²) in [6.45, 7) is 6.82. The predicted molar refractivity (Wildman–Crippen MR) is 150 cm³/mol. The number of aromatic nitrogens is 5. The number of anilines is 1. The smallest absolute Gasteiger partial charge is 0.330 e. The molecule has 0 saturated heterocycles. The van der Waals surface area contributed by atoms with Gasteiger partial charge in [-0.1, -0.05) is 38.9 Å². The van der Waals surface area contributed by atoms with Crippen LogP contribution in [0.5, 0.6) is 0 Å². The third kappa shape index (κ3) is 7.76. The van der Waals surface area contributed by atoms with Crippen molar-refractivity contribution in [3.05, 3.63) is 74.1 Å². The minimum atomic E-state index is -5.09. The Kier molecular flexibility index (Phi) is 9.31. The molecule has 0 spiro atoms. The van der Waals surface area contributed by atoms with Crippen molar-refractivity contribution in [3.8, 4) is 11.3 Å². The highest BCUT2D eigenvalue weighted by molar-refractivity contribution is 7.12. The molecule has 45 heavy (non-hydrogen) atoms. The minimum Gasteiger partial charge on any atom is -0.330 e. The van der Waals surface area contributed by atoms with Crippen LogP contribution in [0, 0.1) is 0 Å². The van der Waals surface area contributed by atoms with Crippen molar-refractivity contribution in [1.82, 2.24) is 25.2 Å². The van der Waals surface area contributed by atoms with Crippen LogP contribution in [0.3, 0.4) is 0 Å². The molecule has 0 aliphatic carbocycles. The van der Waals surface area contributed by atoms with Gasteiger partial charge in [0.25, 0.3) is 5.95 Å². The Morgan fingerprint density at radius 1 is 0.800 bits per heavy atom. The molecule has 0 bridgehead atoms. The summed E-state index contributed by atoms with van der Waals surface area (Å²) in [5, 5.41) is 12.4. The van der Waals surface area contributed by atoms with E-state index in [-0.39, 0.29) is 23.0 Å². The SMILES string of the molecule is CCc1sc(C(C)(C)CC)nc1-c1ccc(C(F)(F)F)cc1CN(Cc1cc(C(F)(F)F)cc(C(F)(F)F)c1)c1nnn(C)n1. The van der Waals surface area contributed by atoms with Gasteiger partial charge in [-0.05, 0) is 59.5 Å². The maximum absolute atomic E-state index is 13.9. The van der Waals surface area contributed by atoms with Crippen molar-refractivity contribution in [3.63, 3.8) is 0 Å². The molecule has 0 saturated carbocycles. The summed E-state index contributed by atoms with van der Waals surface area (Å²) in [5.41, 5.74) is -3.92. The van der Waals surface area contributed by atoms with Crippen LogP contribution in [0.15, 0.2) is 36.4 Å². The monoisotopic (exact) mass is 664 g/mol. The summed E-state index contributed by atoms with van der Waals surface area (Å²) < 4.78 is 123. The van der Waals surface area contributed by atoms with Crippen molar-refractivity contribution in [2.24, 2.45) is 7.05 Å². The highest BCUT2D eigenvalue weighted by Crippen LogP contribution is 2.41. The Morgan fingerprint density at radius 3 is 1.89 bits per heavy atom. The Morgan fingerprint density at radius 2 is 1.40 bits per heavy atom. The van der Waals surface area contributed by atoms with Gasteiger partial charge in [0.15, 0.2) is 0 Å². The molecule has 0 N–H and O–H groups in total. The first-order valence-corrected chi connectivity index (χ1v) is 14.5. The van der Waals surface area contributed by atoms with Crippen LogP contribution >= 0.6 is 11.3 Å². The summed E-state index contributed by atoms with van der Waals surface area (Å²) >= 11 is 1.44. The van der Waals surface area contributed by atoms with Crippen molar-refractivity contribution in [2.45, 2.75) is 77.6 Å². The molecule has 0 amide bonds. The average molecular weight is 665 g/mol. The number of thiazole rings is 1. The van der Waals surface area contributed by atoms with Gasteiger partial charge in [-0.3, -0.25) is 0 Å². The molecule has 16 heteroatoms. The minimum absolute atomic E-state index is 0.00319. The summed E-state index contributed by atoms with van der Waals surface area (Å²) in [6, 6.07) is 4.21. The lowest BCUT2D eigenvalue weighted by atomic mass is 9.91. The number of nitrogens with zero attached hydrogens (tertiary/aromatic N) is 6. The van der Waals surface area contributed by atoms with Gasteiger partial charge in [-0.2, -0.15) is 44.3 Å². The van der Waals surface area contributed by atoms with Gasteiger partial charge in [0, 0.05) is 28.9 Å². The zero-order valence-electron chi connectivity index (χ0n) is 24.8. The molecule has 4 rings (SSSR count). The normalized spacial score (nSPS) is 13.0. The third-order valence-corrected chi connectivity index (χ3v) is 8.90. The number of aryl methyl sites for hydroxylation is 2. The number of benzene rings is 2. The van der Waals surface area contributed by atoms with Crippen LogP contribution in [-0.4, -0.2) is 25.2 Å². The Bertz CT molecular complexity index is 1620. The average Bonchev–Trinajstić information content (AvgIpc) is 3.58. The van der Waals surface area contributed by atoms with Gasteiger partial charge in [0.2, 0.25) is 0 Å². The number of halogens is 9. The number of hydrogen-bond acceptors (Lipinski definition) is 6. The molecule has 0 radical (unpaired) electrons. The largest absolute Gasteiger partial charge is 0.416 e. The van der Waals surface area contributed by atoms with Crippen LogP contribution in [-0.2, 0) is 50.5 Å². The second-order valence-electron chi connectivity index (χ2n) is 11.1. The van der Waals surface area contributed by atoms with Crippen molar-refractivity contribution in [2.75, 3.05) is 4.90 Å². The molecule has 0 aliphatic heterocycles. The van der Waals surface area contributed by atoms with Gasteiger partial charge >= 0.3 is 18.5 Å². The molecule has 2 aromatic heterocycles. The molecule has 0 atom stereocenters. The Hall–Kier alpha value is -3.69. The van der Waals surface area contributed by atoms with Crippen LogP contribution in [0.4, 0.5) is 45.5 Å². The van der Waals surface area contributed by atoms with E-state index in [9.17, 15) is 39.5 Å². The van der Waals surface area contributed by atoms with E-state index in [0.29, 0.717) is 29.8 Å². The van der Waals surface area contributed by atoms with Crippen molar-refractivity contribution >= 4 is 17.3 Å². The fraction of sp³-hybridized carbons (Fsp3) is 0.448. The fourth-order valence-corrected chi connectivity index (χ4v) is 5.70. The molecular weight excluding hydrogens is 635 g/mol. The first-order chi connectivity index (χ1) is 20.7. The maximum Gasteiger partial charge on any atom is 0.416 e. The molecule has 0 unspecified atom stereocenters. The predicted octanol–water partition coefficient (Wildman–Crippen LogP) is 8.85. The molecular formula is C29H29F9N6S. The van der Waals surface area contributed by atoms with E-state index in [1.807, 2.05) is 27.7 Å². The lowest BCUT2D eigenvalue weighted by Crippen LogP contribution is -2.25. The molecule has 2 aromatic carbocycles. The van der Waals surface area contributed by atoms with E-state index >= 15 is 0 Å². The van der Waals surface area contributed by atoms with Crippen LogP contribution in [0.1, 0.15) is 71.8 Å². The highest BCUT2D eigenvalue weighted by Gasteiger charge is 2.37. The van der Waals surface area contributed by atoms with Crippen LogP contribution in [0.2, 0.25) is 0 Å².